The largest absolute Gasteiger partial charge is 0.337 e. The van der Waals surface area contributed by atoms with Crippen LogP contribution in [0, 0.1) is 12.3 Å². The molecule has 4 heteroatoms. The monoisotopic (exact) mass is 371 g/mol. The lowest BCUT2D eigenvalue weighted by atomic mass is 9.85. The first kappa shape index (κ1) is 20.3. The maximum atomic E-state index is 13.4. The summed E-state index contributed by atoms with van der Waals surface area (Å²) < 4.78 is 0. The molecule has 2 heterocycles. The van der Waals surface area contributed by atoms with Gasteiger partial charge in [0.25, 0.3) is 0 Å². The maximum Gasteiger partial charge on any atom is 0.228 e. The second-order valence-corrected chi connectivity index (χ2v) is 9.04. The van der Waals surface area contributed by atoms with Crippen LogP contribution in [0.4, 0.5) is 0 Å². The molecule has 1 aromatic rings. The number of carbonyl (C=O) groups is 1. The summed E-state index contributed by atoms with van der Waals surface area (Å²) in [6.45, 7) is 10.3. The molecule has 0 saturated heterocycles. The van der Waals surface area contributed by atoms with Gasteiger partial charge in [0.15, 0.2) is 0 Å². The normalized spacial score (nSPS) is 25.1. The minimum atomic E-state index is -0.213. The molecule has 1 fully saturated rings. The van der Waals surface area contributed by atoms with Crippen molar-refractivity contribution in [2.24, 2.45) is 5.41 Å². The predicted molar refractivity (Wildman–Crippen MR) is 111 cm³/mol. The molecule has 1 amide bonds. The number of amides is 1. The van der Waals surface area contributed by atoms with Crippen molar-refractivity contribution in [1.29, 1.82) is 0 Å². The lowest BCUT2D eigenvalue weighted by molar-refractivity contribution is -0.142. The van der Waals surface area contributed by atoms with E-state index in [1.807, 2.05) is 6.20 Å². The van der Waals surface area contributed by atoms with E-state index >= 15 is 0 Å². The Morgan fingerprint density at radius 3 is 2.81 bits per heavy atom. The topological polar surface area (TPSA) is 45.2 Å². The van der Waals surface area contributed by atoms with E-state index < -0.39 is 0 Å². The quantitative estimate of drug-likeness (QED) is 0.773. The number of hydrogen-bond donors (Lipinski definition) is 1. The van der Waals surface area contributed by atoms with Crippen molar-refractivity contribution in [2.45, 2.75) is 97.7 Å². The van der Waals surface area contributed by atoms with Crippen LogP contribution in [0.3, 0.4) is 0 Å². The molecule has 2 aliphatic rings. The third-order valence-electron chi connectivity index (χ3n) is 6.47. The van der Waals surface area contributed by atoms with Gasteiger partial charge in [-0.3, -0.25) is 9.78 Å². The number of rotatable bonds is 7. The van der Waals surface area contributed by atoms with Crippen LogP contribution in [-0.2, 0) is 17.8 Å². The summed E-state index contributed by atoms with van der Waals surface area (Å²) in [6, 6.07) is 3.30. The molecule has 0 radical (unpaired) electrons. The summed E-state index contributed by atoms with van der Waals surface area (Å²) in [6.07, 6.45) is 10.9. The van der Waals surface area contributed by atoms with Gasteiger partial charge in [0.05, 0.1) is 0 Å². The molecule has 1 saturated carbocycles. The summed E-state index contributed by atoms with van der Waals surface area (Å²) in [4.78, 5) is 20.0. The number of pyridine rings is 1. The number of nitrogens with one attached hydrogen (secondary N) is 1. The van der Waals surface area contributed by atoms with Crippen molar-refractivity contribution in [3.05, 3.63) is 29.1 Å². The highest BCUT2D eigenvalue weighted by atomic mass is 16.2. The first-order valence-corrected chi connectivity index (χ1v) is 10.9. The maximum absolute atomic E-state index is 13.4. The van der Waals surface area contributed by atoms with E-state index in [9.17, 15) is 4.79 Å². The van der Waals surface area contributed by atoms with Gasteiger partial charge in [0.2, 0.25) is 5.91 Å². The molecule has 0 unspecified atom stereocenters. The van der Waals surface area contributed by atoms with Crippen LogP contribution in [0.2, 0.25) is 0 Å². The Balaban J connectivity index is 1.61. The number of aryl methyl sites for hydroxylation is 1. The lowest BCUT2D eigenvalue weighted by Crippen LogP contribution is -2.45. The Kier molecular flexibility index (Phi) is 6.56. The van der Waals surface area contributed by atoms with Crippen LogP contribution in [-0.4, -0.2) is 34.4 Å². The summed E-state index contributed by atoms with van der Waals surface area (Å²) in [5.74, 6) is 0.349. The van der Waals surface area contributed by atoms with Gasteiger partial charge < -0.3 is 10.2 Å². The summed E-state index contributed by atoms with van der Waals surface area (Å²) >= 11 is 0. The Hall–Kier alpha value is -1.42. The average Bonchev–Trinajstić information content (AvgIpc) is 3.03. The Bertz CT molecular complexity index is 653. The number of carbonyl (C=O) groups excluding carboxylic acids is 1. The third-order valence-corrected chi connectivity index (χ3v) is 6.47. The summed E-state index contributed by atoms with van der Waals surface area (Å²) in [7, 11) is 0. The zero-order chi connectivity index (χ0) is 19.4. The van der Waals surface area contributed by atoms with Gasteiger partial charge in [-0.25, -0.2) is 0 Å². The van der Waals surface area contributed by atoms with Crippen LogP contribution >= 0.6 is 0 Å². The summed E-state index contributed by atoms with van der Waals surface area (Å²) in [5.41, 5.74) is 3.37. The molecule has 27 heavy (non-hydrogen) atoms. The van der Waals surface area contributed by atoms with E-state index in [0.29, 0.717) is 18.0 Å². The highest BCUT2D eigenvalue weighted by Gasteiger charge is 2.44. The van der Waals surface area contributed by atoms with Crippen LogP contribution < -0.4 is 5.32 Å². The molecule has 150 valence electrons. The molecule has 4 nitrogen and oxygen atoms in total. The molecule has 0 spiro atoms. The highest BCUT2D eigenvalue weighted by molar-refractivity contribution is 5.83. The van der Waals surface area contributed by atoms with Crippen molar-refractivity contribution in [2.75, 3.05) is 6.54 Å². The second kappa shape index (κ2) is 8.72. The Labute approximate surface area is 165 Å². The molecule has 3 rings (SSSR count). The number of aromatic nitrogens is 1. The van der Waals surface area contributed by atoms with Crippen LogP contribution in [0.1, 0.15) is 82.5 Å². The zero-order valence-corrected chi connectivity index (χ0v) is 17.7. The van der Waals surface area contributed by atoms with Gasteiger partial charge in [0.1, 0.15) is 0 Å². The number of fused-ring (bicyclic) bond motifs is 1. The molecule has 0 aromatic carbocycles. The van der Waals surface area contributed by atoms with Gasteiger partial charge in [0, 0.05) is 48.9 Å². The van der Waals surface area contributed by atoms with Crippen molar-refractivity contribution in [3.63, 3.8) is 0 Å². The molecule has 2 atom stereocenters. The molecule has 1 aliphatic carbocycles. The fourth-order valence-electron chi connectivity index (χ4n) is 5.02. The minimum Gasteiger partial charge on any atom is -0.337 e. The predicted octanol–water partition coefficient (Wildman–Crippen LogP) is 4.39. The molecule has 1 N–H and O–H groups in total. The lowest BCUT2D eigenvalue weighted by Gasteiger charge is -2.35. The Morgan fingerprint density at radius 2 is 2.11 bits per heavy atom. The van der Waals surface area contributed by atoms with Crippen molar-refractivity contribution in [1.82, 2.24) is 15.2 Å². The molecule has 0 bridgehead atoms. The van der Waals surface area contributed by atoms with Crippen LogP contribution in [0.25, 0.3) is 0 Å². The van der Waals surface area contributed by atoms with Gasteiger partial charge in [-0.15, -0.1) is 0 Å². The van der Waals surface area contributed by atoms with E-state index in [4.69, 9.17) is 0 Å². The molecular weight excluding hydrogens is 334 g/mol. The smallest absolute Gasteiger partial charge is 0.228 e. The van der Waals surface area contributed by atoms with Crippen LogP contribution in [0.5, 0.6) is 0 Å². The SMILES string of the molecule is CCCC(CCC)N[C@@H]1CC[C@](C)(C(=O)N2CCc3ncc(C)cc3C2)C1. The van der Waals surface area contributed by atoms with Gasteiger partial charge in [-0.1, -0.05) is 39.7 Å². The number of hydrogen-bond acceptors (Lipinski definition) is 3. The number of nitrogens with zero attached hydrogens (tertiary/aromatic N) is 2. The fraction of sp³-hybridized carbons (Fsp3) is 0.739. The molecule has 1 aromatic heterocycles. The van der Waals surface area contributed by atoms with Crippen molar-refractivity contribution in [3.8, 4) is 0 Å². The van der Waals surface area contributed by atoms with Gasteiger partial charge in [-0.2, -0.15) is 0 Å². The van der Waals surface area contributed by atoms with E-state index in [2.05, 4.69) is 49.0 Å². The average molecular weight is 372 g/mol. The third kappa shape index (κ3) is 4.71. The van der Waals surface area contributed by atoms with Gasteiger partial charge in [-0.05, 0) is 50.2 Å². The molecular formula is C23H37N3O. The van der Waals surface area contributed by atoms with E-state index in [1.165, 1.54) is 42.5 Å². The highest BCUT2D eigenvalue weighted by Crippen LogP contribution is 2.40. The standard InChI is InChI=1S/C23H37N3O/c1-5-7-19(8-6-2)25-20-9-11-23(4,14-20)22(27)26-12-10-21-18(16-26)13-17(3)15-24-21/h13,15,19-20,25H,5-12,14,16H2,1-4H3/t20-,23+/m1/s1. The van der Waals surface area contributed by atoms with E-state index in [0.717, 1.165) is 38.8 Å². The first-order chi connectivity index (χ1) is 12.9. The molecule has 1 aliphatic heterocycles. The van der Waals surface area contributed by atoms with E-state index in [1.54, 1.807) is 0 Å². The summed E-state index contributed by atoms with van der Waals surface area (Å²) in [5, 5.41) is 3.87. The van der Waals surface area contributed by atoms with Crippen molar-refractivity contribution < 1.29 is 4.79 Å². The fourth-order valence-corrected chi connectivity index (χ4v) is 5.02. The first-order valence-electron chi connectivity index (χ1n) is 10.9. The van der Waals surface area contributed by atoms with E-state index in [-0.39, 0.29) is 5.41 Å². The van der Waals surface area contributed by atoms with Crippen molar-refractivity contribution >= 4 is 5.91 Å². The Morgan fingerprint density at radius 1 is 1.37 bits per heavy atom. The second-order valence-electron chi connectivity index (χ2n) is 9.04. The van der Waals surface area contributed by atoms with Gasteiger partial charge >= 0.3 is 0 Å². The van der Waals surface area contributed by atoms with Crippen LogP contribution in [0.15, 0.2) is 12.3 Å². The zero-order valence-electron chi connectivity index (χ0n) is 17.7. The minimum absolute atomic E-state index is 0.213.